The lowest BCUT2D eigenvalue weighted by molar-refractivity contribution is 0.690. The van der Waals surface area contributed by atoms with Crippen LogP contribution in [0.1, 0.15) is 10.8 Å². The Labute approximate surface area is 123 Å². The van der Waals surface area contributed by atoms with Gasteiger partial charge in [-0.25, -0.2) is 0 Å². The quantitative estimate of drug-likeness (QED) is 0.664. The molecule has 0 aliphatic carbocycles. The molecule has 1 nitrogen and oxygen atoms in total. The number of hydrogen-bond donors (Lipinski definition) is 1. The number of nitrogens with one attached hydrogen (secondary N) is 1. The molecule has 2 heteroatoms. The van der Waals surface area contributed by atoms with Gasteiger partial charge >= 0.3 is 0 Å². The van der Waals surface area contributed by atoms with Gasteiger partial charge in [0.05, 0.1) is 0 Å². The number of rotatable bonds is 1. The van der Waals surface area contributed by atoms with E-state index in [4.69, 9.17) is 0 Å². The average Bonchev–Trinajstić information content (AvgIpc) is 2.53. The summed E-state index contributed by atoms with van der Waals surface area (Å²) < 4.78 is 0. The molecule has 0 radical (unpaired) electrons. The van der Waals surface area contributed by atoms with E-state index in [1.54, 1.807) is 0 Å². The zero-order chi connectivity index (χ0) is 13.4. The lowest BCUT2D eigenvalue weighted by Crippen LogP contribution is -2.28. The van der Waals surface area contributed by atoms with Crippen LogP contribution in [0.25, 0.3) is 21.5 Å². The molecule has 1 heterocycles. The standard InChI is InChI=1S/C18H17NS/c1-2-4-14-10-17-11-16(18-12-19-7-8-20-18)6-5-15(17)9-13(14)3-1/h1-6,9-11,18-19H,7-8,12H2. The molecular weight excluding hydrogens is 262 g/mol. The second kappa shape index (κ2) is 5.12. The van der Waals surface area contributed by atoms with Gasteiger partial charge in [0.15, 0.2) is 0 Å². The SMILES string of the molecule is c1ccc2cc3cc(C4CNCCS4)ccc3cc2c1. The minimum atomic E-state index is 0.597. The third kappa shape index (κ3) is 2.19. The van der Waals surface area contributed by atoms with Gasteiger partial charge in [-0.2, -0.15) is 11.8 Å². The largest absolute Gasteiger partial charge is 0.314 e. The molecule has 3 aromatic carbocycles. The third-order valence-electron chi connectivity index (χ3n) is 4.03. The summed E-state index contributed by atoms with van der Waals surface area (Å²) in [5, 5.41) is 9.42. The van der Waals surface area contributed by atoms with Crippen molar-refractivity contribution >= 4 is 33.3 Å². The fraction of sp³-hybridized carbons (Fsp3) is 0.222. The fourth-order valence-electron chi connectivity index (χ4n) is 2.94. The molecule has 0 spiro atoms. The van der Waals surface area contributed by atoms with Crippen molar-refractivity contribution in [3.8, 4) is 0 Å². The van der Waals surface area contributed by atoms with Crippen molar-refractivity contribution in [2.24, 2.45) is 0 Å². The molecule has 1 aliphatic heterocycles. The molecule has 1 fully saturated rings. The molecule has 1 N–H and O–H groups in total. The summed E-state index contributed by atoms with van der Waals surface area (Å²) in [6.45, 7) is 2.23. The maximum Gasteiger partial charge on any atom is 0.0422 e. The molecule has 1 atom stereocenters. The van der Waals surface area contributed by atoms with Crippen molar-refractivity contribution in [1.29, 1.82) is 0 Å². The highest BCUT2D eigenvalue weighted by Crippen LogP contribution is 2.33. The van der Waals surface area contributed by atoms with Crippen molar-refractivity contribution in [3.63, 3.8) is 0 Å². The molecular formula is C18H17NS. The molecule has 1 unspecified atom stereocenters. The van der Waals surface area contributed by atoms with Gasteiger partial charge in [-0.3, -0.25) is 0 Å². The zero-order valence-electron chi connectivity index (χ0n) is 11.3. The molecule has 100 valence electrons. The van der Waals surface area contributed by atoms with Crippen molar-refractivity contribution in [2.75, 3.05) is 18.8 Å². The van der Waals surface area contributed by atoms with E-state index in [0.29, 0.717) is 5.25 Å². The van der Waals surface area contributed by atoms with E-state index in [1.807, 2.05) is 0 Å². The van der Waals surface area contributed by atoms with Gasteiger partial charge in [0, 0.05) is 24.1 Å². The molecule has 1 aliphatic rings. The van der Waals surface area contributed by atoms with Crippen LogP contribution in [0.2, 0.25) is 0 Å². The number of hydrogen-bond acceptors (Lipinski definition) is 2. The first-order valence-corrected chi connectivity index (χ1v) is 8.20. The molecule has 0 aromatic heterocycles. The number of fused-ring (bicyclic) bond motifs is 2. The highest BCUT2D eigenvalue weighted by molar-refractivity contribution is 7.99. The number of benzene rings is 3. The van der Waals surface area contributed by atoms with E-state index in [9.17, 15) is 0 Å². The van der Waals surface area contributed by atoms with Crippen LogP contribution in [0.5, 0.6) is 0 Å². The lowest BCUT2D eigenvalue weighted by Gasteiger charge is -2.23. The summed E-state index contributed by atoms with van der Waals surface area (Å²) >= 11 is 2.07. The first kappa shape index (κ1) is 12.2. The van der Waals surface area contributed by atoms with Crippen molar-refractivity contribution in [2.45, 2.75) is 5.25 Å². The van der Waals surface area contributed by atoms with Crippen molar-refractivity contribution in [3.05, 3.63) is 60.2 Å². The molecule has 0 amide bonds. The molecule has 4 rings (SSSR count). The summed E-state index contributed by atoms with van der Waals surface area (Å²) in [5.41, 5.74) is 1.45. The predicted octanol–water partition coefficient (Wildman–Crippen LogP) is 4.37. The smallest absolute Gasteiger partial charge is 0.0422 e. The zero-order valence-corrected chi connectivity index (χ0v) is 12.1. The summed E-state index contributed by atoms with van der Waals surface area (Å²) in [5.74, 6) is 1.21. The first-order chi connectivity index (χ1) is 9.90. The Morgan fingerprint density at radius 1 is 0.850 bits per heavy atom. The van der Waals surface area contributed by atoms with E-state index < -0.39 is 0 Å². The first-order valence-electron chi connectivity index (χ1n) is 7.15. The van der Waals surface area contributed by atoms with E-state index >= 15 is 0 Å². The van der Waals surface area contributed by atoms with Gasteiger partial charge in [0.25, 0.3) is 0 Å². The van der Waals surface area contributed by atoms with Crippen LogP contribution < -0.4 is 5.32 Å². The van der Waals surface area contributed by atoms with E-state index in [2.05, 4.69) is 71.7 Å². The minimum Gasteiger partial charge on any atom is -0.314 e. The molecule has 0 bridgehead atoms. The molecule has 20 heavy (non-hydrogen) atoms. The fourth-order valence-corrected chi connectivity index (χ4v) is 4.06. The summed E-state index contributed by atoms with van der Waals surface area (Å²) in [7, 11) is 0. The predicted molar refractivity (Wildman–Crippen MR) is 89.5 cm³/mol. The Balaban J connectivity index is 1.83. The van der Waals surface area contributed by atoms with Gasteiger partial charge in [-0.1, -0.05) is 36.4 Å². The van der Waals surface area contributed by atoms with E-state index in [1.165, 1.54) is 32.9 Å². The van der Waals surface area contributed by atoms with Crippen molar-refractivity contribution < 1.29 is 0 Å². The van der Waals surface area contributed by atoms with Crippen molar-refractivity contribution in [1.82, 2.24) is 5.32 Å². The molecule has 0 saturated carbocycles. The van der Waals surface area contributed by atoms with E-state index in [0.717, 1.165) is 13.1 Å². The summed E-state index contributed by atoms with van der Waals surface area (Å²) in [6, 6.07) is 20.1. The van der Waals surface area contributed by atoms with Gasteiger partial charge in [0.1, 0.15) is 0 Å². The van der Waals surface area contributed by atoms with Crippen LogP contribution in [-0.4, -0.2) is 18.8 Å². The van der Waals surface area contributed by atoms with Crippen LogP contribution in [-0.2, 0) is 0 Å². The summed E-state index contributed by atoms with van der Waals surface area (Å²) in [4.78, 5) is 0. The van der Waals surface area contributed by atoms with Crippen LogP contribution in [0, 0.1) is 0 Å². The topological polar surface area (TPSA) is 12.0 Å². The Morgan fingerprint density at radius 3 is 2.35 bits per heavy atom. The Bertz CT molecular complexity index is 760. The van der Waals surface area contributed by atoms with Crippen LogP contribution in [0.4, 0.5) is 0 Å². The van der Waals surface area contributed by atoms with Gasteiger partial charge in [0.2, 0.25) is 0 Å². The lowest BCUT2D eigenvalue weighted by atomic mass is 10.0. The maximum atomic E-state index is 3.49. The molecule has 3 aromatic rings. The highest BCUT2D eigenvalue weighted by Gasteiger charge is 2.15. The molecule has 1 saturated heterocycles. The second-order valence-corrected chi connectivity index (χ2v) is 6.68. The summed E-state index contributed by atoms with van der Waals surface area (Å²) in [6.07, 6.45) is 0. The number of thioether (sulfide) groups is 1. The van der Waals surface area contributed by atoms with Gasteiger partial charge in [-0.05, 0) is 45.3 Å². The maximum absolute atomic E-state index is 3.49. The average molecular weight is 279 g/mol. The Kier molecular flexibility index (Phi) is 3.13. The van der Waals surface area contributed by atoms with Crippen LogP contribution in [0.3, 0.4) is 0 Å². The minimum absolute atomic E-state index is 0.597. The monoisotopic (exact) mass is 279 g/mol. The van der Waals surface area contributed by atoms with Gasteiger partial charge < -0.3 is 5.32 Å². The van der Waals surface area contributed by atoms with Crippen LogP contribution in [0.15, 0.2) is 54.6 Å². The second-order valence-electron chi connectivity index (χ2n) is 5.37. The normalized spacial score (nSPS) is 19.5. The highest BCUT2D eigenvalue weighted by atomic mass is 32.2. The van der Waals surface area contributed by atoms with E-state index in [-0.39, 0.29) is 0 Å². The Morgan fingerprint density at radius 2 is 1.60 bits per heavy atom. The van der Waals surface area contributed by atoms with Crippen LogP contribution >= 0.6 is 11.8 Å². The Hall–Kier alpha value is -1.51. The van der Waals surface area contributed by atoms with Gasteiger partial charge in [-0.15, -0.1) is 0 Å². The third-order valence-corrected chi connectivity index (χ3v) is 5.31.